The highest BCUT2D eigenvalue weighted by Crippen LogP contribution is 2.19. The zero-order valence-corrected chi connectivity index (χ0v) is 9.75. The Bertz CT molecular complexity index is 529. The van der Waals surface area contributed by atoms with E-state index < -0.39 is 48.3 Å². The second-order valence-corrected chi connectivity index (χ2v) is 3.79. The zero-order chi connectivity index (χ0) is 15.5. The molecule has 0 bridgehead atoms. The third-order valence-corrected chi connectivity index (χ3v) is 2.14. The number of rotatable bonds is 4. The Hall–Kier alpha value is -2.19. The molecular formula is C11H8F5NO3. The topological polar surface area (TPSA) is 57.6 Å². The fraction of sp³-hybridized carbons (Fsp3) is 0.273. The van der Waals surface area contributed by atoms with Crippen LogP contribution >= 0.6 is 0 Å². The first-order chi connectivity index (χ1) is 9.10. The molecule has 1 aromatic carbocycles. The number of nitrogens with zero attached hydrogens (tertiary/aromatic N) is 1. The summed E-state index contributed by atoms with van der Waals surface area (Å²) in [6, 6.07) is 1.65. The van der Waals surface area contributed by atoms with Crippen LogP contribution in [-0.2, 0) is 4.79 Å². The summed E-state index contributed by atoms with van der Waals surface area (Å²) in [6.07, 6.45) is -4.87. The van der Waals surface area contributed by atoms with Crippen LogP contribution in [0.4, 0.5) is 22.0 Å². The van der Waals surface area contributed by atoms with Crippen molar-refractivity contribution in [3.63, 3.8) is 0 Å². The summed E-state index contributed by atoms with van der Waals surface area (Å²) >= 11 is 0. The van der Waals surface area contributed by atoms with Crippen LogP contribution < -0.4 is 0 Å². The normalized spacial score (nSPS) is 11.2. The molecule has 1 N–H and O–H groups in total. The van der Waals surface area contributed by atoms with Gasteiger partial charge in [0, 0.05) is 0 Å². The van der Waals surface area contributed by atoms with Crippen LogP contribution in [0.25, 0.3) is 0 Å². The van der Waals surface area contributed by atoms with E-state index in [1.54, 1.807) is 0 Å². The zero-order valence-electron chi connectivity index (χ0n) is 9.75. The SMILES string of the molecule is O=C(O)CN(CC(F)(F)F)C(=O)c1cc(F)ccc1F. The molecule has 0 aliphatic heterocycles. The number of alkyl halides is 3. The minimum absolute atomic E-state index is 0.125. The lowest BCUT2D eigenvalue weighted by Gasteiger charge is -2.22. The van der Waals surface area contributed by atoms with E-state index in [0.29, 0.717) is 18.2 Å². The number of carboxylic acid groups (broad SMARTS) is 1. The highest BCUT2D eigenvalue weighted by atomic mass is 19.4. The van der Waals surface area contributed by atoms with Gasteiger partial charge in [-0.1, -0.05) is 0 Å². The first-order valence-electron chi connectivity index (χ1n) is 5.13. The monoisotopic (exact) mass is 297 g/mol. The summed E-state index contributed by atoms with van der Waals surface area (Å²) in [5.41, 5.74) is -0.962. The summed E-state index contributed by atoms with van der Waals surface area (Å²) < 4.78 is 63.0. The Kier molecular flexibility index (Phi) is 4.64. The summed E-state index contributed by atoms with van der Waals surface area (Å²) in [5.74, 6) is -5.54. The van der Waals surface area contributed by atoms with Crippen molar-refractivity contribution in [3.8, 4) is 0 Å². The quantitative estimate of drug-likeness (QED) is 0.865. The molecule has 0 unspecified atom stereocenters. The highest BCUT2D eigenvalue weighted by molar-refractivity contribution is 5.96. The fourth-order valence-electron chi connectivity index (χ4n) is 1.41. The van der Waals surface area contributed by atoms with Gasteiger partial charge in [-0.3, -0.25) is 9.59 Å². The Morgan fingerprint density at radius 3 is 2.30 bits per heavy atom. The maximum absolute atomic E-state index is 13.3. The third kappa shape index (κ3) is 4.48. The molecule has 9 heteroatoms. The van der Waals surface area contributed by atoms with Crippen LogP contribution in [0, 0.1) is 11.6 Å². The Balaban J connectivity index is 3.09. The van der Waals surface area contributed by atoms with E-state index in [1.165, 1.54) is 0 Å². The van der Waals surface area contributed by atoms with Crippen molar-refractivity contribution in [2.75, 3.05) is 13.1 Å². The largest absolute Gasteiger partial charge is 0.480 e. The molecule has 4 nitrogen and oxygen atoms in total. The molecule has 0 saturated carbocycles. The van der Waals surface area contributed by atoms with E-state index in [0.717, 1.165) is 0 Å². The van der Waals surface area contributed by atoms with Crippen LogP contribution in [-0.4, -0.2) is 41.1 Å². The van der Waals surface area contributed by atoms with Gasteiger partial charge < -0.3 is 10.0 Å². The van der Waals surface area contributed by atoms with Crippen LogP contribution in [0.5, 0.6) is 0 Å². The number of hydrogen-bond donors (Lipinski definition) is 1. The van der Waals surface area contributed by atoms with E-state index >= 15 is 0 Å². The van der Waals surface area contributed by atoms with E-state index in [9.17, 15) is 31.5 Å². The molecule has 0 saturated heterocycles. The maximum Gasteiger partial charge on any atom is 0.406 e. The van der Waals surface area contributed by atoms with Crippen molar-refractivity contribution < 1.29 is 36.6 Å². The Morgan fingerprint density at radius 2 is 1.80 bits per heavy atom. The smallest absolute Gasteiger partial charge is 0.406 e. The number of carboxylic acids is 1. The predicted molar refractivity (Wildman–Crippen MR) is 56.0 cm³/mol. The summed E-state index contributed by atoms with van der Waals surface area (Å²) in [6.45, 7) is -3.16. The molecule has 0 atom stereocenters. The van der Waals surface area contributed by atoms with E-state index in [2.05, 4.69) is 0 Å². The van der Waals surface area contributed by atoms with Crippen molar-refractivity contribution in [1.29, 1.82) is 0 Å². The standard InChI is InChI=1S/C11H8F5NO3/c12-6-1-2-8(13)7(3-6)10(20)17(4-9(18)19)5-11(14,15)16/h1-3H,4-5H2,(H,18,19). The summed E-state index contributed by atoms with van der Waals surface area (Å²) in [5, 5.41) is 8.47. The molecule has 110 valence electrons. The van der Waals surface area contributed by atoms with Gasteiger partial charge in [-0.15, -0.1) is 0 Å². The van der Waals surface area contributed by atoms with Gasteiger partial charge in [0.2, 0.25) is 0 Å². The lowest BCUT2D eigenvalue weighted by atomic mass is 10.1. The van der Waals surface area contributed by atoms with Gasteiger partial charge in [0.05, 0.1) is 5.56 Å². The fourth-order valence-corrected chi connectivity index (χ4v) is 1.41. The molecule has 1 rings (SSSR count). The second-order valence-electron chi connectivity index (χ2n) is 3.79. The number of benzene rings is 1. The summed E-state index contributed by atoms with van der Waals surface area (Å²) in [4.78, 5) is 22.0. The van der Waals surface area contributed by atoms with Crippen molar-refractivity contribution in [1.82, 2.24) is 4.90 Å². The number of carbonyl (C=O) groups is 2. The highest BCUT2D eigenvalue weighted by Gasteiger charge is 2.35. The molecule has 0 fully saturated rings. The third-order valence-electron chi connectivity index (χ3n) is 2.14. The molecule has 0 spiro atoms. The van der Waals surface area contributed by atoms with Crippen molar-refractivity contribution >= 4 is 11.9 Å². The lowest BCUT2D eigenvalue weighted by molar-refractivity contribution is -0.149. The van der Waals surface area contributed by atoms with Crippen LogP contribution in [0.2, 0.25) is 0 Å². The number of carbonyl (C=O) groups excluding carboxylic acids is 1. The number of halogens is 5. The number of hydrogen-bond acceptors (Lipinski definition) is 2. The van der Waals surface area contributed by atoms with Crippen LogP contribution in [0.1, 0.15) is 10.4 Å². The van der Waals surface area contributed by atoms with Gasteiger partial charge >= 0.3 is 12.1 Å². The van der Waals surface area contributed by atoms with Gasteiger partial charge in [0.25, 0.3) is 5.91 Å². The van der Waals surface area contributed by atoms with Crippen LogP contribution in [0.3, 0.4) is 0 Å². The van der Waals surface area contributed by atoms with E-state index in [-0.39, 0.29) is 4.90 Å². The van der Waals surface area contributed by atoms with Crippen LogP contribution in [0.15, 0.2) is 18.2 Å². The maximum atomic E-state index is 13.3. The van der Waals surface area contributed by atoms with E-state index in [4.69, 9.17) is 5.11 Å². The average molecular weight is 297 g/mol. The lowest BCUT2D eigenvalue weighted by Crippen LogP contribution is -2.42. The van der Waals surface area contributed by atoms with Gasteiger partial charge in [0.1, 0.15) is 24.7 Å². The minimum atomic E-state index is -4.87. The Labute approximate surface area is 109 Å². The first-order valence-corrected chi connectivity index (χ1v) is 5.13. The molecule has 0 radical (unpaired) electrons. The van der Waals surface area contributed by atoms with Crippen molar-refractivity contribution in [2.45, 2.75) is 6.18 Å². The van der Waals surface area contributed by atoms with Gasteiger partial charge in [-0.2, -0.15) is 13.2 Å². The molecule has 0 aliphatic carbocycles. The number of aliphatic carboxylic acids is 1. The molecule has 1 amide bonds. The number of amides is 1. The second kappa shape index (κ2) is 5.85. The molecule has 0 aliphatic rings. The van der Waals surface area contributed by atoms with Crippen molar-refractivity contribution in [2.24, 2.45) is 0 Å². The predicted octanol–water partition coefficient (Wildman–Crippen LogP) is 2.05. The average Bonchev–Trinajstić information content (AvgIpc) is 2.28. The van der Waals surface area contributed by atoms with Crippen molar-refractivity contribution in [3.05, 3.63) is 35.4 Å². The summed E-state index contributed by atoms with van der Waals surface area (Å²) in [7, 11) is 0. The first kappa shape index (κ1) is 15.9. The van der Waals surface area contributed by atoms with Gasteiger partial charge in [-0.05, 0) is 18.2 Å². The molecule has 0 aromatic heterocycles. The molecular weight excluding hydrogens is 289 g/mol. The van der Waals surface area contributed by atoms with Gasteiger partial charge in [-0.25, -0.2) is 8.78 Å². The minimum Gasteiger partial charge on any atom is -0.480 e. The van der Waals surface area contributed by atoms with Gasteiger partial charge in [0.15, 0.2) is 0 Å². The molecule has 0 heterocycles. The molecule has 20 heavy (non-hydrogen) atoms. The molecule has 1 aromatic rings. The Morgan fingerprint density at radius 1 is 1.20 bits per heavy atom. The van der Waals surface area contributed by atoms with E-state index in [1.807, 2.05) is 0 Å².